The molecule has 142 valence electrons. The van der Waals surface area contributed by atoms with Crippen LogP contribution in [0.3, 0.4) is 0 Å². The summed E-state index contributed by atoms with van der Waals surface area (Å²) in [4.78, 5) is 29.7. The van der Waals surface area contributed by atoms with Gasteiger partial charge >= 0.3 is 12.0 Å². The van der Waals surface area contributed by atoms with Gasteiger partial charge in [-0.2, -0.15) is 0 Å². The number of carbonyl (C=O) groups is 2. The third-order valence-corrected chi connectivity index (χ3v) is 5.03. The van der Waals surface area contributed by atoms with E-state index >= 15 is 0 Å². The number of carboxylic acid groups (broad SMARTS) is 1. The number of aliphatic carboxylic acids is 1. The number of nitrogens with zero attached hydrogens (tertiary/aromatic N) is 2. The molecule has 1 aromatic carbocycles. The molecule has 0 radical (unpaired) electrons. The number of pyridine rings is 1. The first-order valence-electron chi connectivity index (χ1n) is 8.73. The zero-order valence-corrected chi connectivity index (χ0v) is 15.7. The van der Waals surface area contributed by atoms with Gasteiger partial charge in [-0.1, -0.05) is 12.1 Å². The Morgan fingerprint density at radius 1 is 1.26 bits per heavy atom. The molecule has 1 unspecified atom stereocenters. The van der Waals surface area contributed by atoms with E-state index in [2.05, 4.69) is 10.3 Å². The van der Waals surface area contributed by atoms with E-state index in [-0.39, 0.29) is 12.6 Å². The number of amides is 2. The molecule has 0 bridgehead atoms. The van der Waals surface area contributed by atoms with E-state index in [1.165, 1.54) is 0 Å². The van der Waals surface area contributed by atoms with Crippen molar-refractivity contribution in [3.63, 3.8) is 0 Å². The van der Waals surface area contributed by atoms with Gasteiger partial charge in [-0.3, -0.25) is 4.79 Å². The number of hydrogen-bond acceptors (Lipinski definition) is 4. The lowest BCUT2D eigenvalue weighted by Crippen LogP contribution is -2.37. The van der Waals surface area contributed by atoms with E-state index < -0.39 is 11.4 Å². The van der Waals surface area contributed by atoms with Gasteiger partial charge < -0.3 is 20.1 Å². The van der Waals surface area contributed by atoms with Gasteiger partial charge in [0.05, 0.1) is 12.5 Å². The van der Waals surface area contributed by atoms with E-state index in [0.717, 1.165) is 16.7 Å². The zero-order chi connectivity index (χ0) is 19.6. The van der Waals surface area contributed by atoms with Crippen LogP contribution < -0.4 is 10.1 Å². The predicted octanol–water partition coefficient (Wildman–Crippen LogP) is 3.39. The molecule has 0 aliphatic carbocycles. The molecule has 0 saturated carbocycles. The molecule has 2 amide bonds. The van der Waals surface area contributed by atoms with Crippen LogP contribution >= 0.6 is 0 Å². The Bertz CT molecular complexity index is 866. The van der Waals surface area contributed by atoms with Crippen LogP contribution in [0.1, 0.15) is 18.9 Å². The topological polar surface area (TPSA) is 91.8 Å². The summed E-state index contributed by atoms with van der Waals surface area (Å²) in [5.41, 5.74) is 2.56. The molecule has 1 saturated heterocycles. The highest BCUT2D eigenvalue weighted by Gasteiger charge is 2.42. The summed E-state index contributed by atoms with van der Waals surface area (Å²) in [7, 11) is 1.56. The van der Waals surface area contributed by atoms with Gasteiger partial charge in [-0.15, -0.1) is 0 Å². The van der Waals surface area contributed by atoms with Crippen molar-refractivity contribution < 1.29 is 19.4 Å². The SMILES string of the molecule is COc1ccc(-c2ccc(C)c(NC(=O)N3CCC(C)(C(=O)O)C3)c2)cn1. The minimum absolute atomic E-state index is 0.204. The van der Waals surface area contributed by atoms with Crippen molar-refractivity contribution in [2.24, 2.45) is 5.41 Å². The van der Waals surface area contributed by atoms with E-state index in [4.69, 9.17) is 4.74 Å². The average molecular weight is 369 g/mol. The van der Waals surface area contributed by atoms with Crippen molar-refractivity contribution in [1.29, 1.82) is 0 Å². The van der Waals surface area contributed by atoms with Crippen LogP contribution in [0.25, 0.3) is 11.1 Å². The number of carboxylic acids is 1. The number of carbonyl (C=O) groups excluding carboxylic acids is 1. The van der Waals surface area contributed by atoms with Crippen molar-refractivity contribution in [3.05, 3.63) is 42.1 Å². The van der Waals surface area contributed by atoms with E-state index in [1.807, 2.05) is 31.2 Å². The summed E-state index contributed by atoms with van der Waals surface area (Å²) in [6, 6.07) is 9.19. The average Bonchev–Trinajstić information content (AvgIpc) is 3.07. The van der Waals surface area contributed by atoms with Gasteiger partial charge in [-0.25, -0.2) is 9.78 Å². The summed E-state index contributed by atoms with van der Waals surface area (Å²) in [6.07, 6.45) is 2.17. The minimum atomic E-state index is -0.886. The number of anilines is 1. The van der Waals surface area contributed by atoms with Crippen LogP contribution in [-0.4, -0.2) is 47.2 Å². The first-order chi connectivity index (χ1) is 12.8. The third-order valence-electron chi connectivity index (χ3n) is 5.03. The second kappa shape index (κ2) is 7.26. The van der Waals surface area contributed by atoms with Crippen molar-refractivity contribution >= 4 is 17.7 Å². The molecule has 2 N–H and O–H groups in total. The number of aryl methyl sites for hydroxylation is 1. The summed E-state index contributed by atoms with van der Waals surface area (Å²) in [5, 5.41) is 12.2. The number of aromatic nitrogens is 1. The van der Waals surface area contributed by atoms with Crippen LogP contribution in [0.15, 0.2) is 36.5 Å². The Hall–Kier alpha value is -3.09. The standard InChI is InChI=1S/C20H23N3O4/c1-13-4-5-14(15-6-7-17(27-3)21-11-15)10-16(13)22-19(26)23-9-8-20(2,12-23)18(24)25/h4-7,10-11H,8-9,12H2,1-3H3,(H,22,26)(H,24,25). The van der Waals surface area contributed by atoms with Crippen molar-refractivity contribution in [1.82, 2.24) is 9.88 Å². The second-order valence-corrected chi connectivity index (χ2v) is 7.09. The quantitative estimate of drug-likeness (QED) is 0.862. The van der Waals surface area contributed by atoms with Crippen LogP contribution in [0.4, 0.5) is 10.5 Å². The normalized spacial score (nSPS) is 19.0. The van der Waals surface area contributed by atoms with Gasteiger partial charge in [0.15, 0.2) is 0 Å². The number of likely N-dealkylation sites (tertiary alicyclic amines) is 1. The molecule has 1 aliphatic rings. The molecule has 1 atom stereocenters. The Labute approximate surface area is 158 Å². The molecular formula is C20H23N3O4. The van der Waals surface area contributed by atoms with E-state index in [1.54, 1.807) is 31.2 Å². The molecule has 1 aliphatic heterocycles. The largest absolute Gasteiger partial charge is 0.481 e. The molecule has 1 aromatic heterocycles. The Balaban J connectivity index is 1.77. The van der Waals surface area contributed by atoms with Gasteiger partial charge in [0.1, 0.15) is 0 Å². The van der Waals surface area contributed by atoms with Gasteiger partial charge in [-0.05, 0) is 43.5 Å². The lowest BCUT2D eigenvalue weighted by molar-refractivity contribution is -0.146. The molecule has 7 nitrogen and oxygen atoms in total. The highest BCUT2D eigenvalue weighted by atomic mass is 16.5. The molecule has 1 fully saturated rings. The maximum atomic E-state index is 12.6. The first kappa shape index (κ1) is 18.7. The summed E-state index contributed by atoms with van der Waals surface area (Å²) in [6.45, 7) is 4.22. The maximum absolute atomic E-state index is 12.6. The van der Waals surface area contributed by atoms with Crippen molar-refractivity contribution in [2.75, 3.05) is 25.5 Å². The summed E-state index contributed by atoms with van der Waals surface area (Å²) in [5.74, 6) is -0.335. The molecule has 27 heavy (non-hydrogen) atoms. The lowest BCUT2D eigenvalue weighted by atomic mass is 9.90. The van der Waals surface area contributed by atoms with Crippen LogP contribution in [0.5, 0.6) is 5.88 Å². The van der Waals surface area contributed by atoms with E-state index in [0.29, 0.717) is 24.5 Å². The predicted molar refractivity (Wildman–Crippen MR) is 102 cm³/mol. The van der Waals surface area contributed by atoms with Gasteiger partial charge in [0.25, 0.3) is 0 Å². The number of rotatable bonds is 4. The number of nitrogens with one attached hydrogen (secondary N) is 1. The number of methoxy groups -OCH3 is 1. The highest BCUT2D eigenvalue weighted by Crippen LogP contribution is 2.31. The van der Waals surface area contributed by atoms with Crippen molar-refractivity contribution in [2.45, 2.75) is 20.3 Å². The smallest absolute Gasteiger partial charge is 0.321 e. The minimum Gasteiger partial charge on any atom is -0.481 e. The molecule has 7 heteroatoms. The molecule has 0 spiro atoms. The fourth-order valence-corrected chi connectivity index (χ4v) is 3.11. The fraction of sp³-hybridized carbons (Fsp3) is 0.350. The second-order valence-electron chi connectivity index (χ2n) is 7.09. The van der Waals surface area contributed by atoms with Crippen LogP contribution in [-0.2, 0) is 4.79 Å². The molecule has 2 heterocycles. The molecular weight excluding hydrogens is 346 g/mol. The monoisotopic (exact) mass is 369 g/mol. The van der Waals surface area contributed by atoms with E-state index in [9.17, 15) is 14.7 Å². The highest BCUT2D eigenvalue weighted by molar-refractivity contribution is 5.92. The lowest BCUT2D eigenvalue weighted by Gasteiger charge is -2.21. The molecule has 2 aromatic rings. The maximum Gasteiger partial charge on any atom is 0.321 e. The number of hydrogen-bond donors (Lipinski definition) is 2. The van der Waals surface area contributed by atoms with Crippen LogP contribution in [0, 0.1) is 12.3 Å². The zero-order valence-electron chi connectivity index (χ0n) is 15.7. The number of benzene rings is 1. The van der Waals surface area contributed by atoms with Gasteiger partial charge in [0.2, 0.25) is 5.88 Å². The van der Waals surface area contributed by atoms with Gasteiger partial charge in [0, 0.05) is 36.6 Å². The van der Waals surface area contributed by atoms with Crippen LogP contribution in [0.2, 0.25) is 0 Å². The van der Waals surface area contributed by atoms with Crippen molar-refractivity contribution in [3.8, 4) is 17.0 Å². The fourth-order valence-electron chi connectivity index (χ4n) is 3.11. The molecule has 3 rings (SSSR count). The Kier molecular flexibility index (Phi) is 5.03. The Morgan fingerprint density at radius 2 is 2.00 bits per heavy atom. The summed E-state index contributed by atoms with van der Waals surface area (Å²) < 4.78 is 5.08. The number of ether oxygens (including phenoxy) is 1. The third kappa shape index (κ3) is 3.86. The number of urea groups is 1. The summed E-state index contributed by atoms with van der Waals surface area (Å²) >= 11 is 0. The Morgan fingerprint density at radius 3 is 2.59 bits per heavy atom. The first-order valence-corrected chi connectivity index (χ1v) is 8.73.